The minimum Gasteiger partial charge on any atom is -0.368 e. The molecule has 0 aliphatic rings. The molecule has 0 aliphatic carbocycles. The van der Waals surface area contributed by atoms with Gasteiger partial charge in [0.2, 0.25) is 0 Å². The predicted molar refractivity (Wildman–Crippen MR) is 89.9 cm³/mol. The Bertz CT molecular complexity index is 1010. The molecule has 0 fully saturated rings. The number of nitrogens with one attached hydrogen (secondary N) is 2. The summed E-state index contributed by atoms with van der Waals surface area (Å²) in [5, 5.41) is 3.99. The topological polar surface area (TPSA) is 53.6 Å². The number of aromatic nitrogens is 3. The summed E-state index contributed by atoms with van der Waals surface area (Å²) < 4.78 is 26.4. The molecule has 2 heterocycles. The normalized spacial score (nSPS) is 11.2. The van der Waals surface area contributed by atoms with Crippen LogP contribution in [0.4, 0.5) is 14.6 Å². The number of aromatic amines is 1. The van der Waals surface area contributed by atoms with Gasteiger partial charge < -0.3 is 10.3 Å². The molecule has 24 heavy (non-hydrogen) atoms. The fourth-order valence-electron chi connectivity index (χ4n) is 2.77. The van der Waals surface area contributed by atoms with E-state index in [0.717, 1.165) is 28.4 Å². The van der Waals surface area contributed by atoms with Crippen LogP contribution in [0.5, 0.6) is 0 Å². The smallest absolute Gasteiger partial charge is 0.153 e. The Labute approximate surface area is 136 Å². The summed E-state index contributed by atoms with van der Waals surface area (Å²) in [5.41, 5.74) is 3.28. The molecule has 0 bridgehead atoms. The maximum atomic E-state index is 13.5. The van der Waals surface area contributed by atoms with Crippen LogP contribution in [-0.2, 0) is 6.42 Å². The second-order valence-corrected chi connectivity index (χ2v) is 5.56. The molecular formula is C18H14F2N4. The number of hydrogen-bond donors (Lipinski definition) is 2. The second-order valence-electron chi connectivity index (χ2n) is 5.56. The van der Waals surface area contributed by atoms with Crippen LogP contribution in [0, 0.1) is 11.6 Å². The largest absolute Gasteiger partial charge is 0.368 e. The van der Waals surface area contributed by atoms with Crippen LogP contribution >= 0.6 is 0 Å². The summed E-state index contributed by atoms with van der Waals surface area (Å²) in [4.78, 5) is 11.7. The molecule has 0 radical (unpaired) electrons. The molecule has 0 saturated heterocycles. The van der Waals surface area contributed by atoms with Crippen LogP contribution in [0.3, 0.4) is 0 Å². The molecule has 2 aromatic carbocycles. The van der Waals surface area contributed by atoms with Crippen molar-refractivity contribution in [1.29, 1.82) is 0 Å². The van der Waals surface area contributed by atoms with Gasteiger partial charge in [0.05, 0.1) is 0 Å². The Morgan fingerprint density at radius 1 is 0.958 bits per heavy atom. The third-order valence-corrected chi connectivity index (χ3v) is 3.96. The molecule has 2 N–H and O–H groups in total. The van der Waals surface area contributed by atoms with Crippen molar-refractivity contribution in [2.24, 2.45) is 0 Å². The fourth-order valence-corrected chi connectivity index (χ4v) is 2.77. The zero-order valence-corrected chi connectivity index (χ0v) is 12.7. The molecule has 0 spiro atoms. The number of hydrogen-bond acceptors (Lipinski definition) is 3. The van der Waals surface area contributed by atoms with Gasteiger partial charge in [-0.05, 0) is 42.3 Å². The first kappa shape index (κ1) is 14.6. The summed E-state index contributed by atoms with van der Waals surface area (Å²) >= 11 is 0. The van der Waals surface area contributed by atoms with Crippen LogP contribution in [0.25, 0.3) is 21.9 Å². The Morgan fingerprint density at radius 2 is 1.75 bits per heavy atom. The van der Waals surface area contributed by atoms with Crippen LogP contribution in [0.2, 0.25) is 0 Å². The molecule has 0 unspecified atom stereocenters. The average molecular weight is 324 g/mol. The van der Waals surface area contributed by atoms with Gasteiger partial charge in [-0.3, -0.25) is 0 Å². The summed E-state index contributed by atoms with van der Waals surface area (Å²) in [7, 11) is 0. The number of halogens is 2. The molecule has 4 rings (SSSR count). The van der Waals surface area contributed by atoms with Crippen LogP contribution in [0.15, 0.2) is 48.8 Å². The third kappa shape index (κ3) is 2.67. The van der Waals surface area contributed by atoms with E-state index in [-0.39, 0.29) is 11.6 Å². The highest BCUT2D eigenvalue weighted by molar-refractivity contribution is 6.07. The molecule has 0 saturated carbocycles. The van der Waals surface area contributed by atoms with E-state index >= 15 is 0 Å². The van der Waals surface area contributed by atoms with Crippen molar-refractivity contribution in [3.63, 3.8) is 0 Å². The minimum absolute atomic E-state index is 0.241. The lowest BCUT2D eigenvalue weighted by molar-refractivity contribution is 0.627. The van der Waals surface area contributed by atoms with E-state index in [1.165, 1.54) is 30.6 Å². The first-order valence-electron chi connectivity index (χ1n) is 7.61. The quantitative estimate of drug-likeness (QED) is 0.595. The summed E-state index contributed by atoms with van der Waals surface area (Å²) in [6.45, 7) is 0.640. The first-order chi connectivity index (χ1) is 11.7. The van der Waals surface area contributed by atoms with Gasteiger partial charge >= 0.3 is 0 Å². The highest BCUT2D eigenvalue weighted by Gasteiger charge is 2.11. The summed E-state index contributed by atoms with van der Waals surface area (Å²) in [6.07, 6.45) is 2.20. The second kappa shape index (κ2) is 5.88. The van der Waals surface area contributed by atoms with E-state index < -0.39 is 0 Å². The lowest BCUT2D eigenvalue weighted by Crippen LogP contribution is -2.07. The highest BCUT2D eigenvalue weighted by atomic mass is 19.1. The number of H-pyrrole nitrogens is 1. The fraction of sp³-hybridized carbons (Fsp3) is 0.111. The summed E-state index contributed by atoms with van der Waals surface area (Å²) in [6, 6.07) is 11.0. The molecule has 4 aromatic rings. The zero-order chi connectivity index (χ0) is 16.5. The lowest BCUT2D eigenvalue weighted by Gasteiger charge is -2.06. The molecule has 6 heteroatoms. The van der Waals surface area contributed by atoms with E-state index in [0.29, 0.717) is 17.9 Å². The van der Waals surface area contributed by atoms with Gasteiger partial charge in [-0.2, -0.15) is 0 Å². The maximum absolute atomic E-state index is 13.5. The number of anilines is 1. The van der Waals surface area contributed by atoms with Crippen LogP contribution in [-0.4, -0.2) is 21.5 Å². The van der Waals surface area contributed by atoms with Crippen molar-refractivity contribution < 1.29 is 8.78 Å². The Hall–Kier alpha value is -3.02. The molecule has 0 amide bonds. The number of benzene rings is 2. The number of nitrogens with zero attached hydrogens (tertiary/aromatic N) is 2. The van der Waals surface area contributed by atoms with E-state index in [4.69, 9.17) is 0 Å². The van der Waals surface area contributed by atoms with Gasteiger partial charge in [0.1, 0.15) is 29.0 Å². The zero-order valence-electron chi connectivity index (χ0n) is 12.7. The van der Waals surface area contributed by atoms with E-state index in [1.807, 2.05) is 0 Å². The average Bonchev–Trinajstić information content (AvgIpc) is 2.95. The highest BCUT2D eigenvalue weighted by Crippen LogP contribution is 2.27. The van der Waals surface area contributed by atoms with Crippen molar-refractivity contribution in [3.8, 4) is 0 Å². The maximum Gasteiger partial charge on any atom is 0.153 e. The molecule has 0 aliphatic heterocycles. The minimum atomic E-state index is -0.298. The monoisotopic (exact) mass is 324 g/mol. The molecule has 0 atom stereocenters. The van der Waals surface area contributed by atoms with Crippen molar-refractivity contribution in [3.05, 3.63) is 66.0 Å². The number of rotatable bonds is 4. The van der Waals surface area contributed by atoms with Crippen molar-refractivity contribution in [1.82, 2.24) is 15.0 Å². The molecule has 120 valence electrons. The van der Waals surface area contributed by atoms with Gasteiger partial charge in [-0.25, -0.2) is 18.7 Å². The van der Waals surface area contributed by atoms with Gasteiger partial charge in [0.25, 0.3) is 0 Å². The lowest BCUT2D eigenvalue weighted by atomic mass is 10.1. The van der Waals surface area contributed by atoms with Crippen molar-refractivity contribution in [2.45, 2.75) is 6.42 Å². The van der Waals surface area contributed by atoms with Crippen molar-refractivity contribution in [2.75, 3.05) is 11.9 Å². The van der Waals surface area contributed by atoms with E-state index in [1.54, 1.807) is 18.2 Å². The molecule has 2 aromatic heterocycles. The van der Waals surface area contributed by atoms with Gasteiger partial charge in [0, 0.05) is 17.4 Å². The standard InChI is InChI=1S/C18H14F2N4/c19-12-3-1-11(2-4-12)7-8-21-18-17-16(22-10-23-18)14-9-13(20)5-6-15(14)24-17/h1-6,9-10,24H,7-8H2,(H,21,22,23). The predicted octanol–water partition coefficient (Wildman–Crippen LogP) is 4.04. The Morgan fingerprint density at radius 3 is 2.58 bits per heavy atom. The first-order valence-corrected chi connectivity index (χ1v) is 7.61. The summed E-state index contributed by atoms with van der Waals surface area (Å²) in [5.74, 6) is 0.126. The number of fused-ring (bicyclic) bond motifs is 3. The van der Waals surface area contributed by atoms with Gasteiger partial charge in [0.15, 0.2) is 5.82 Å². The third-order valence-electron chi connectivity index (χ3n) is 3.96. The molecular weight excluding hydrogens is 310 g/mol. The van der Waals surface area contributed by atoms with Crippen LogP contribution in [0.1, 0.15) is 5.56 Å². The van der Waals surface area contributed by atoms with Crippen molar-refractivity contribution >= 4 is 27.8 Å². The van der Waals surface area contributed by atoms with E-state index in [9.17, 15) is 8.78 Å². The Kier molecular flexibility index (Phi) is 3.57. The van der Waals surface area contributed by atoms with Gasteiger partial charge in [-0.15, -0.1) is 0 Å². The molecule has 4 nitrogen and oxygen atoms in total. The Balaban J connectivity index is 1.60. The van der Waals surface area contributed by atoms with E-state index in [2.05, 4.69) is 20.3 Å². The van der Waals surface area contributed by atoms with Gasteiger partial charge in [-0.1, -0.05) is 12.1 Å². The van der Waals surface area contributed by atoms with Crippen LogP contribution < -0.4 is 5.32 Å². The SMILES string of the molecule is Fc1ccc(CCNc2ncnc3c2[nH]c2ccc(F)cc23)cc1.